The van der Waals surface area contributed by atoms with Gasteiger partial charge in [-0.1, -0.05) is 146 Å². The largest absolute Gasteiger partial charge is 0.762 e. The van der Waals surface area contributed by atoms with Crippen LogP contribution in [0.5, 0.6) is 0 Å². The van der Waals surface area contributed by atoms with Crippen LogP contribution in [-0.2, 0) is 10.8 Å². The summed E-state index contributed by atoms with van der Waals surface area (Å²) in [5.74, 6) is 3.63. The van der Waals surface area contributed by atoms with Crippen molar-refractivity contribution >= 4 is 45.2 Å². The third kappa shape index (κ3) is 8.28. The Labute approximate surface area is 391 Å². The van der Waals surface area contributed by atoms with Crippen LogP contribution >= 0.6 is 0 Å². The molecule has 68 heavy (non-hydrogen) atoms. The van der Waals surface area contributed by atoms with E-state index in [2.05, 4.69) is 24.3 Å². The summed E-state index contributed by atoms with van der Waals surface area (Å²) in [5, 5.41) is 120. The number of nitriles is 10. The van der Waals surface area contributed by atoms with E-state index in [0.717, 1.165) is 0 Å². The van der Waals surface area contributed by atoms with Gasteiger partial charge in [0.2, 0.25) is 10.8 Å². The maximum atomic E-state index is 10.7. The number of rotatable bonds is 11. The Hall–Kier alpha value is -11.4. The van der Waals surface area contributed by atoms with Crippen LogP contribution in [0.15, 0.2) is 146 Å². The normalized spacial score (nSPS) is 11.0. The molecular weight excluding hydrogens is 841 g/mol. The van der Waals surface area contributed by atoms with Gasteiger partial charge in [0.15, 0.2) is 0 Å². The molecule has 0 unspecified atom stereocenters. The first-order valence-electron chi connectivity index (χ1n) is 19.9. The van der Waals surface area contributed by atoms with Gasteiger partial charge in [0.25, 0.3) is 0 Å². The standard InChI is InChI=1S/C56H24N12/c57-25-47(26-58)41-5-13-45(14-6-41)53(31-63)51(29-61)43-9-1-37(2-10-43)39-17-21-49(22-18-39)55(33-65,34-66)56(35-67,36-68)50-23-19-40(20-24-50)38-3-11-44(12-4-38)52(30-62)54(32-64)46-15-7-42(8-16-46)48(27-59)28-60/h1-24H/q-2/b53-51+,54-52+. The van der Waals surface area contributed by atoms with Gasteiger partial charge in [-0.2, -0.15) is 52.6 Å². The van der Waals surface area contributed by atoms with Gasteiger partial charge in [-0.15, -0.1) is 0 Å². The van der Waals surface area contributed by atoms with Gasteiger partial charge in [-0.25, -0.2) is 11.7 Å². The molecule has 6 aromatic rings. The minimum absolute atomic E-state index is 0.0867. The lowest BCUT2D eigenvalue weighted by Gasteiger charge is -2.32. The van der Waals surface area contributed by atoms with E-state index >= 15 is 0 Å². The van der Waals surface area contributed by atoms with Gasteiger partial charge in [-0.05, 0) is 66.8 Å². The Bertz CT molecular complexity index is 3350. The third-order valence-corrected chi connectivity index (χ3v) is 11.2. The predicted octanol–water partition coefficient (Wildman–Crippen LogP) is 10.5. The second-order valence-corrected chi connectivity index (χ2v) is 14.6. The molecule has 0 atom stereocenters. The zero-order valence-electron chi connectivity index (χ0n) is 35.2. The van der Waals surface area contributed by atoms with Crippen LogP contribution in [0.3, 0.4) is 0 Å². The summed E-state index contributed by atoms with van der Waals surface area (Å²) >= 11 is 0. The van der Waals surface area contributed by atoms with Crippen LogP contribution in [0, 0.1) is 113 Å². The van der Waals surface area contributed by atoms with Crippen molar-refractivity contribution in [2.75, 3.05) is 0 Å². The van der Waals surface area contributed by atoms with Crippen LogP contribution < -0.4 is 0 Å². The summed E-state index contributed by atoms with van der Waals surface area (Å²) in [6.45, 7) is 0. The van der Waals surface area contributed by atoms with Crippen molar-refractivity contribution in [1.29, 1.82) is 52.6 Å². The maximum Gasteiger partial charge on any atom is 0.204 e. The molecule has 0 saturated carbocycles. The summed E-state index contributed by atoms with van der Waals surface area (Å²) in [7, 11) is 0. The molecule has 6 rings (SSSR count). The van der Waals surface area contributed by atoms with Crippen LogP contribution in [-0.4, -0.2) is 11.7 Å². The maximum absolute atomic E-state index is 10.7. The van der Waals surface area contributed by atoms with Crippen molar-refractivity contribution < 1.29 is 0 Å². The Morgan fingerprint density at radius 3 is 0.676 bits per heavy atom. The van der Waals surface area contributed by atoms with Crippen molar-refractivity contribution in [2.45, 2.75) is 10.8 Å². The third-order valence-electron chi connectivity index (χ3n) is 11.2. The summed E-state index contributed by atoms with van der Waals surface area (Å²) in [4.78, 5) is 0. The van der Waals surface area contributed by atoms with E-state index in [4.69, 9.17) is 0 Å². The smallest absolute Gasteiger partial charge is 0.204 e. The number of benzene rings is 6. The molecule has 0 spiro atoms. The molecule has 0 amide bonds. The van der Waals surface area contributed by atoms with E-state index in [1.54, 1.807) is 97.1 Å². The Kier molecular flexibility index (Phi) is 13.7. The van der Waals surface area contributed by atoms with E-state index in [0.29, 0.717) is 55.6 Å². The van der Waals surface area contributed by atoms with Crippen LogP contribution in [0.4, 0.5) is 0 Å². The first kappa shape index (κ1) is 46.1. The van der Waals surface area contributed by atoms with Crippen molar-refractivity contribution in [2.24, 2.45) is 0 Å². The zero-order valence-corrected chi connectivity index (χ0v) is 35.2. The van der Waals surface area contributed by atoms with E-state index in [-0.39, 0.29) is 44.6 Å². The van der Waals surface area contributed by atoms with E-state index in [9.17, 15) is 63.4 Å². The highest BCUT2D eigenvalue weighted by Gasteiger charge is 2.57. The SMILES string of the molecule is N#CC(=C=[N-])c1ccc(/C(C#N)=C(\C#N)c2ccc(-c3ccc(C(C#N)(C#N)C(C#N)(C#N)c4ccc(-c5ccc(/C(C#N)=C(\C#N)c6ccc(C(=C=[N-])C#N)cc6)cc5)cc4)cc3)cc2)cc1. The Balaban J connectivity index is 1.27. The molecule has 6 aromatic carbocycles. The van der Waals surface area contributed by atoms with Crippen molar-refractivity contribution in [3.05, 3.63) is 201 Å². The second kappa shape index (κ2) is 20.2. The lowest BCUT2D eigenvalue weighted by Crippen LogP contribution is -2.45. The summed E-state index contributed by atoms with van der Waals surface area (Å²) in [5.41, 5.74) is 0.900. The fourth-order valence-corrected chi connectivity index (χ4v) is 7.54. The topological polar surface area (TPSA) is 282 Å². The quantitative estimate of drug-likeness (QED) is 0.0674. The van der Waals surface area contributed by atoms with Crippen molar-refractivity contribution in [1.82, 2.24) is 0 Å². The number of allylic oxidation sites excluding steroid dienone is 6. The molecule has 0 fully saturated rings. The van der Waals surface area contributed by atoms with Crippen LogP contribution in [0.25, 0.3) is 66.5 Å². The average Bonchev–Trinajstić information content (AvgIpc) is 3.40. The second-order valence-electron chi connectivity index (χ2n) is 14.6. The number of nitrogens with zero attached hydrogens (tertiary/aromatic N) is 12. The highest BCUT2D eigenvalue weighted by molar-refractivity contribution is 6.05. The molecule has 0 saturated heterocycles. The Morgan fingerprint density at radius 1 is 0.279 bits per heavy atom. The first-order valence-corrected chi connectivity index (χ1v) is 19.9. The zero-order chi connectivity index (χ0) is 48.8. The lowest BCUT2D eigenvalue weighted by molar-refractivity contribution is 0.524. The van der Waals surface area contributed by atoms with Gasteiger partial charge in [0.05, 0.1) is 57.7 Å². The van der Waals surface area contributed by atoms with Gasteiger partial charge < -0.3 is 10.8 Å². The minimum Gasteiger partial charge on any atom is -0.762 e. The van der Waals surface area contributed by atoms with E-state index in [1.807, 2.05) is 48.2 Å². The molecule has 0 heterocycles. The molecule has 0 radical (unpaired) electrons. The molecule has 0 aliphatic carbocycles. The predicted molar refractivity (Wildman–Crippen MR) is 253 cm³/mol. The molecular formula is C56H24N12-2. The molecule has 0 aliphatic heterocycles. The fraction of sp³-hybridized carbons (Fsp3) is 0.0357. The molecule has 0 bridgehead atoms. The number of hydrogen-bond acceptors (Lipinski definition) is 10. The van der Waals surface area contributed by atoms with E-state index < -0.39 is 10.8 Å². The fourth-order valence-electron chi connectivity index (χ4n) is 7.54. The molecule has 310 valence electrons. The average molecular weight is 865 g/mol. The lowest BCUT2D eigenvalue weighted by atomic mass is 9.59. The summed E-state index contributed by atoms with van der Waals surface area (Å²) in [6, 6.07) is 58.3. The van der Waals surface area contributed by atoms with Gasteiger partial charge in [0.1, 0.15) is 36.4 Å². The van der Waals surface area contributed by atoms with Crippen molar-refractivity contribution in [3.8, 4) is 82.9 Å². The van der Waals surface area contributed by atoms with Gasteiger partial charge in [-0.3, -0.25) is 0 Å². The first-order chi connectivity index (χ1) is 33.1. The molecule has 0 aliphatic rings. The highest BCUT2D eigenvalue weighted by Crippen LogP contribution is 2.45. The minimum atomic E-state index is -2.30. The Morgan fingerprint density at radius 2 is 0.485 bits per heavy atom. The van der Waals surface area contributed by atoms with Crippen LogP contribution in [0.2, 0.25) is 0 Å². The highest BCUT2D eigenvalue weighted by atomic mass is 14.6. The molecule has 0 aromatic heterocycles. The van der Waals surface area contributed by atoms with Gasteiger partial charge in [0, 0.05) is 0 Å². The molecule has 0 N–H and O–H groups in total. The monoisotopic (exact) mass is 864 g/mol. The number of hydrogen-bond donors (Lipinski definition) is 0. The van der Waals surface area contributed by atoms with Crippen LogP contribution in [0.1, 0.15) is 44.5 Å². The van der Waals surface area contributed by atoms with E-state index in [1.165, 1.54) is 48.5 Å². The summed E-state index contributed by atoms with van der Waals surface area (Å²) in [6.07, 6.45) is 0. The van der Waals surface area contributed by atoms with Gasteiger partial charge >= 0.3 is 0 Å². The molecule has 12 nitrogen and oxygen atoms in total. The molecule has 12 heteroatoms. The summed E-state index contributed by atoms with van der Waals surface area (Å²) < 4.78 is 0. The van der Waals surface area contributed by atoms with Crippen molar-refractivity contribution in [3.63, 3.8) is 0 Å².